The number of rotatable bonds is 12. The number of fused-ring (bicyclic) bond motifs is 1. The van der Waals surface area contributed by atoms with Gasteiger partial charge >= 0.3 is 0 Å². The Morgan fingerprint density at radius 1 is 1.15 bits per heavy atom. The van der Waals surface area contributed by atoms with E-state index in [1.807, 2.05) is 42.2 Å². The summed E-state index contributed by atoms with van der Waals surface area (Å²) >= 11 is 0. The molecule has 4 rings (SSSR count). The maximum absolute atomic E-state index is 10.3. The van der Waals surface area contributed by atoms with Gasteiger partial charge in [-0.05, 0) is 37.1 Å². The average molecular weight is 550 g/mol. The second-order valence-electron chi connectivity index (χ2n) is 9.93. The highest BCUT2D eigenvalue weighted by atomic mass is 16.5. The van der Waals surface area contributed by atoms with Crippen molar-refractivity contribution < 1.29 is 25.2 Å². The van der Waals surface area contributed by atoms with Crippen LogP contribution in [0.25, 0.3) is 16.6 Å². The highest BCUT2D eigenvalue weighted by molar-refractivity contribution is 5.84. The van der Waals surface area contributed by atoms with Gasteiger partial charge in [-0.3, -0.25) is 4.90 Å². The molecule has 1 saturated heterocycles. The minimum atomic E-state index is -1.26. The summed E-state index contributed by atoms with van der Waals surface area (Å²) in [6.07, 6.45) is 2.78. The second-order valence-corrected chi connectivity index (χ2v) is 9.93. The van der Waals surface area contributed by atoms with Crippen LogP contribution >= 0.6 is 0 Å². The number of methoxy groups -OCH3 is 1. The minimum absolute atomic E-state index is 0.186. The van der Waals surface area contributed by atoms with E-state index in [0.29, 0.717) is 31.1 Å². The van der Waals surface area contributed by atoms with E-state index in [1.54, 1.807) is 19.4 Å². The predicted octanol–water partition coefficient (Wildman–Crippen LogP) is 3.02. The van der Waals surface area contributed by atoms with Crippen molar-refractivity contribution in [2.75, 3.05) is 38.7 Å². The lowest BCUT2D eigenvalue weighted by Crippen LogP contribution is -2.62. The lowest BCUT2D eigenvalue weighted by molar-refractivity contribution is -0.145. The summed E-state index contributed by atoms with van der Waals surface area (Å²) in [6, 6.07) is 13.3. The Hall–Kier alpha value is -3.54. The number of hydrogen-bond donors (Lipinski definition) is 5. The van der Waals surface area contributed by atoms with E-state index in [-0.39, 0.29) is 13.2 Å². The van der Waals surface area contributed by atoms with Crippen molar-refractivity contribution in [3.8, 4) is 5.75 Å². The number of aromatic nitrogens is 1. The van der Waals surface area contributed by atoms with Crippen molar-refractivity contribution >= 4 is 22.3 Å². The molecule has 2 heterocycles. The van der Waals surface area contributed by atoms with Crippen molar-refractivity contribution in [3.05, 3.63) is 78.6 Å². The third kappa shape index (κ3) is 6.78. The molecule has 10 nitrogen and oxygen atoms in total. The number of aliphatic hydroxyl groups is 4. The summed E-state index contributed by atoms with van der Waals surface area (Å²) in [7, 11) is 1.62. The number of nitrogens with one attached hydrogen (secondary N) is 1. The van der Waals surface area contributed by atoms with Crippen LogP contribution in [0.3, 0.4) is 0 Å². The molecule has 10 heteroatoms. The largest absolute Gasteiger partial charge is 0.497 e. The molecule has 5 N–H and O–H groups in total. The van der Waals surface area contributed by atoms with Gasteiger partial charge < -0.3 is 35.0 Å². The van der Waals surface area contributed by atoms with Gasteiger partial charge in [-0.25, -0.2) is 0 Å². The summed E-state index contributed by atoms with van der Waals surface area (Å²) in [5.41, 5.74) is 4.51. The van der Waals surface area contributed by atoms with Gasteiger partial charge in [0.15, 0.2) is 0 Å². The van der Waals surface area contributed by atoms with Crippen LogP contribution in [0.1, 0.15) is 18.1 Å². The first-order valence-electron chi connectivity index (χ1n) is 13.5. The Morgan fingerprint density at radius 3 is 2.70 bits per heavy atom. The molecule has 0 radical (unpaired) electrons. The molecule has 0 bridgehead atoms. The number of azo groups is 1. The molecule has 0 aliphatic carbocycles. The van der Waals surface area contributed by atoms with Crippen LogP contribution in [0.4, 0.5) is 5.69 Å². The number of nitrogens with zero attached hydrogens (tertiary/aromatic N) is 4. The molecule has 214 valence electrons. The lowest BCUT2D eigenvalue weighted by Gasteiger charge is -2.43. The van der Waals surface area contributed by atoms with E-state index in [9.17, 15) is 20.4 Å². The number of anilines is 1. The molecular weight excluding hydrogens is 510 g/mol. The fourth-order valence-electron chi connectivity index (χ4n) is 5.13. The van der Waals surface area contributed by atoms with E-state index in [2.05, 4.69) is 45.0 Å². The van der Waals surface area contributed by atoms with Crippen molar-refractivity contribution in [1.82, 2.24) is 9.47 Å². The Morgan fingerprint density at radius 2 is 1.95 bits per heavy atom. The third-order valence-electron chi connectivity index (χ3n) is 7.31. The molecule has 0 spiro atoms. The van der Waals surface area contributed by atoms with Crippen LogP contribution in [0.15, 0.2) is 77.7 Å². The molecule has 1 fully saturated rings. The van der Waals surface area contributed by atoms with E-state index < -0.39 is 24.4 Å². The van der Waals surface area contributed by atoms with Crippen LogP contribution in [-0.4, -0.2) is 87.6 Å². The Bertz CT molecular complexity index is 1350. The molecule has 2 aromatic carbocycles. The monoisotopic (exact) mass is 549 g/mol. The van der Waals surface area contributed by atoms with Crippen molar-refractivity contribution in [1.29, 1.82) is 0 Å². The molecule has 40 heavy (non-hydrogen) atoms. The van der Waals surface area contributed by atoms with Crippen LogP contribution in [-0.2, 0) is 13.0 Å². The third-order valence-corrected chi connectivity index (χ3v) is 7.31. The van der Waals surface area contributed by atoms with E-state index >= 15 is 0 Å². The maximum Gasteiger partial charge on any atom is 0.121 e. The van der Waals surface area contributed by atoms with Gasteiger partial charge in [-0.1, -0.05) is 30.9 Å². The average Bonchev–Trinajstić information content (AvgIpc) is 3.32. The summed E-state index contributed by atoms with van der Waals surface area (Å²) in [4.78, 5) is 1.84. The number of likely N-dealkylation sites (tertiary alicyclic amines) is 1. The molecule has 1 aliphatic heterocycles. The van der Waals surface area contributed by atoms with Crippen LogP contribution in [0.2, 0.25) is 0 Å². The van der Waals surface area contributed by atoms with Gasteiger partial charge in [0.05, 0.1) is 31.6 Å². The topological polar surface area (TPSA) is 135 Å². The molecule has 0 amide bonds. The van der Waals surface area contributed by atoms with Crippen molar-refractivity contribution in [2.24, 2.45) is 10.2 Å². The Kier molecular flexibility index (Phi) is 10.1. The smallest absolute Gasteiger partial charge is 0.121 e. The fourth-order valence-corrected chi connectivity index (χ4v) is 5.13. The Labute approximate surface area is 234 Å². The lowest BCUT2D eigenvalue weighted by atomic mass is 9.94. The standard InChI is InChI=1S/C30H39N5O5/c1-4-10-32-33-20(2)22-14-23(16-24(15-22)40-3)31-11-9-21-17-34(26-8-6-5-7-25(21)26)12-13-35-18-28(37)30(39)29(38)27(35)19-36/h4-8,10,14-17,27-31,36-39H,2,9,11-13,18-19H2,1,3H3/b10-4-,33-32?/t27-,28+,29-,30-/m1/s1. The molecule has 1 aromatic heterocycles. The molecule has 4 atom stereocenters. The summed E-state index contributed by atoms with van der Waals surface area (Å²) < 4.78 is 7.63. The number of aliphatic hydroxyl groups excluding tert-OH is 4. The molecule has 0 saturated carbocycles. The highest BCUT2D eigenvalue weighted by Crippen LogP contribution is 2.27. The fraction of sp³-hybridized carbons (Fsp3) is 0.400. The van der Waals surface area contributed by atoms with Crippen LogP contribution in [0, 0.1) is 0 Å². The highest BCUT2D eigenvalue weighted by Gasteiger charge is 2.40. The minimum Gasteiger partial charge on any atom is -0.497 e. The number of para-hydroxylation sites is 1. The molecule has 1 aliphatic rings. The maximum atomic E-state index is 10.3. The number of β-amino-alcohol motifs (C(OH)–C–C–N with tert-alkyl or cyclic N) is 1. The van der Waals surface area contributed by atoms with Gasteiger partial charge in [0.1, 0.15) is 18.0 Å². The van der Waals surface area contributed by atoms with E-state index in [4.69, 9.17) is 4.74 Å². The van der Waals surface area contributed by atoms with Gasteiger partial charge in [0.2, 0.25) is 0 Å². The first kappa shape index (κ1) is 29.4. The number of hydrogen-bond acceptors (Lipinski definition) is 9. The van der Waals surface area contributed by atoms with Gasteiger partial charge in [-0.15, -0.1) is 0 Å². The van der Waals surface area contributed by atoms with Gasteiger partial charge in [-0.2, -0.15) is 10.2 Å². The predicted molar refractivity (Wildman–Crippen MR) is 156 cm³/mol. The van der Waals surface area contributed by atoms with E-state index in [0.717, 1.165) is 28.6 Å². The number of piperidine rings is 1. The number of allylic oxidation sites excluding steroid dienone is 1. The zero-order valence-corrected chi connectivity index (χ0v) is 23.0. The van der Waals surface area contributed by atoms with Gasteiger partial charge in [0.25, 0.3) is 0 Å². The first-order valence-corrected chi connectivity index (χ1v) is 13.5. The molecule has 0 unspecified atom stereocenters. The van der Waals surface area contributed by atoms with Crippen LogP contribution in [0.5, 0.6) is 5.75 Å². The summed E-state index contributed by atoms with van der Waals surface area (Å²) in [5, 5.41) is 53.0. The first-order chi connectivity index (χ1) is 19.4. The summed E-state index contributed by atoms with van der Waals surface area (Å²) in [5.74, 6) is 0.695. The zero-order valence-electron chi connectivity index (χ0n) is 23.0. The molecule has 3 aromatic rings. The summed E-state index contributed by atoms with van der Waals surface area (Å²) in [6.45, 7) is 7.56. The normalized spacial score (nSPS) is 21.9. The Balaban J connectivity index is 1.45. The molecular formula is C30H39N5O5. The van der Waals surface area contributed by atoms with Crippen LogP contribution < -0.4 is 10.1 Å². The second kappa shape index (κ2) is 13.7. The van der Waals surface area contributed by atoms with Crippen molar-refractivity contribution in [3.63, 3.8) is 0 Å². The van der Waals surface area contributed by atoms with Crippen molar-refractivity contribution in [2.45, 2.75) is 44.2 Å². The van der Waals surface area contributed by atoms with Gasteiger partial charge in [0, 0.05) is 66.8 Å². The quantitative estimate of drug-likeness (QED) is 0.219. The number of ether oxygens (including phenoxy) is 1. The number of benzene rings is 2. The van der Waals surface area contributed by atoms with E-state index in [1.165, 1.54) is 5.56 Å². The SMILES string of the molecule is C=C(N=N/C=C\C)c1cc(NCCc2cn(CCN3C[C@H](O)[C@@H](O)[C@H](O)[C@H]3CO)c3ccccc23)cc(OC)c1. The zero-order chi connectivity index (χ0) is 28.6.